The number of benzene rings is 1. The maximum absolute atomic E-state index is 13.7. The third-order valence-electron chi connectivity index (χ3n) is 2.87. The van der Waals surface area contributed by atoms with E-state index in [1.54, 1.807) is 17.4 Å². The van der Waals surface area contributed by atoms with Gasteiger partial charge in [-0.2, -0.15) is 0 Å². The Labute approximate surface area is 127 Å². The topological polar surface area (TPSA) is 17.8 Å². The van der Waals surface area contributed by atoms with E-state index in [2.05, 4.69) is 20.9 Å². The van der Waals surface area contributed by atoms with E-state index < -0.39 is 0 Å². The molecule has 0 aliphatic rings. The number of rotatable bonds is 3. The van der Waals surface area contributed by atoms with Gasteiger partial charge in [-0.05, 0) is 40.2 Å². The van der Waals surface area contributed by atoms with Crippen molar-refractivity contribution < 1.29 is 4.39 Å². The predicted molar refractivity (Wildman–Crippen MR) is 80.4 cm³/mol. The quantitative estimate of drug-likeness (QED) is 0.615. The normalized spacial score (nSPS) is 11.3. The van der Waals surface area contributed by atoms with Crippen LogP contribution in [0, 0.1) is 5.82 Å². The summed E-state index contributed by atoms with van der Waals surface area (Å²) in [4.78, 5) is 5.45. The van der Waals surface area contributed by atoms with Crippen molar-refractivity contribution in [3.63, 3.8) is 0 Å². The maximum Gasteiger partial charge on any atom is 0.151 e. The fourth-order valence-corrected chi connectivity index (χ4v) is 3.71. The minimum Gasteiger partial charge on any atom is -0.322 e. The zero-order chi connectivity index (χ0) is 13.4. The summed E-state index contributed by atoms with van der Waals surface area (Å²) in [5.74, 6) is 0.641. The highest BCUT2D eigenvalue weighted by Crippen LogP contribution is 2.26. The fraction of sp³-hybridized carbons (Fsp3) is 0.154. The molecule has 0 radical (unpaired) electrons. The minimum absolute atomic E-state index is 0.265. The predicted octanol–water partition coefficient (Wildman–Crippen LogP) is 4.79. The van der Waals surface area contributed by atoms with E-state index in [-0.39, 0.29) is 11.7 Å². The summed E-state index contributed by atoms with van der Waals surface area (Å²) in [6.45, 7) is 0.651. The van der Waals surface area contributed by atoms with Crippen molar-refractivity contribution in [3.8, 4) is 0 Å². The van der Waals surface area contributed by atoms with Crippen LogP contribution in [-0.4, -0.2) is 9.55 Å². The first-order valence-electron chi connectivity index (χ1n) is 5.63. The van der Waals surface area contributed by atoms with Gasteiger partial charge < -0.3 is 4.57 Å². The molecule has 0 saturated heterocycles. The van der Waals surface area contributed by atoms with Crippen molar-refractivity contribution in [2.45, 2.75) is 12.4 Å². The molecule has 0 atom stereocenters. The van der Waals surface area contributed by atoms with Gasteiger partial charge in [-0.3, -0.25) is 0 Å². The molecule has 0 spiro atoms. The average Bonchev–Trinajstić information content (AvgIpc) is 2.96. The first-order chi connectivity index (χ1) is 9.19. The molecule has 0 amide bonds. The smallest absolute Gasteiger partial charge is 0.151 e. The van der Waals surface area contributed by atoms with Gasteiger partial charge in [0.25, 0.3) is 0 Å². The summed E-state index contributed by atoms with van der Waals surface area (Å²) < 4.78 is 16.8. The Morgan fingerprint density at radius 1 is 1.32 bits per heavy atom. The summed E-state index contributed by atoms with van der Waals surface area (Å²) in [5.41, 5.74) is 1.16. The second-order valence-corrected chi connectivity index (χ2v) is 6.88. The second kappa shape index (κ2) is 5.23. The van der Waals surface area contributed by atoms with Crippen LogP contribution in [0.4, 0.5) is 4.39 Å². The molecule has 0 aliphatic carbocycles. The van der Waals surface area contributed by atoms with E-state index in [0.29, 0.717) is 17.9 Å². The fourth-order valence-electron chi connectivity index (χ4n) is 2.03. The lowest BCUT2D eigenvalue weighted by Gasteiger charge is -2.05. The van der Waals surface area contributed by atoms with E-state index in [1.165, 1.54) is 10.9 Å². The van der Waals surface area contributed by atoms with Gasteiger partial charge in [-0.1, -0.05) is 6.07 Å². The molecule has 0 unspecified atom stereocenters. The van der Waals surface area contributed by atoms with Crippen molar-refractivity contribution in [1.29, 1.82) is 0 Å². The molecule has 2 heterocycles. The van der Waals surface area contributed by atoms with Crippen molar-refractivity contribution in [3.05, 3.63) is 50.6 Å². The summed E-state index contributed by atoms with van der Waals surface area (Å²) in [6, 6.07) is 9.01. The molecule has 0 bridgehead atoms. The van der Waals surface area contributed by atoms with E-state index in [0.717, 1.165) is 9.30 Å². The first kappa shape index (κ1) is 13.1. The number of fused-ring (bicyclic) bond motifs is 1. The molecule has 0 fully saturated rings. The van der Waals surface area contributed by atoms with Crippen LogP contribution in [0.5, 0.6) is 0 Å². The largest absolute Gasteiger partial charge is 0.322 e. The van der Waals surface area contributed by atoms with E-state index in [9.17, 15) is 4.39 Å². The average molecular weight is 360 g/mol. The lowest BCUT2D eigenvalue weighted by Crippen LogP contribution is -2.02. The summed E-state index contributed by atoms with van der Waals surface area (Å²) in [5, 5.41) is 0. The monoisotopic (exact) mass is 358 g/mol. The van der Waals surface area contributed by atoms with Crippen molar-refractivity contribution >= 4 is 49.9 Å². The van der Waals surface area contributed by atoms with Crippen molar-refractivity contribution in [2.24, 2.45) is 0 Å². The van der Waals surface area contributed by atoms with Gasteiger partial charge in [0.2, 0.25) is 0 Å². The first-order valence-corrected chi connectivity index (χ1v) is 7.77. The molecule has 2 nitrogen and oxygen atoms in total. The third-order valence-corrected chi connectivity index (χ3v) is 4.72. The van der Waals surface area contributed by atoms with Gasteiger partial charge in [-0.15, -0.1) is 22.9 Å². The standard InChI is InChI=1S/C13H9BrClFN2S/c14-11-5-4-8(19-11)7-18-10-3-1-2-9(16)13(10)17-12(18)6-15/h1-5H,6-7H2. The van der Waals surface area contributed by atoms with Crippen LogP contribution in [0.15, 0.2) is 34.1 Å². The Hall–Kier alpha value is -0.910. The summed E-state index contributed by atoms with van der Waals surface area (Å²) >= 11 is 11.0. The number of alkyl halides is 1. The zero-order valence-electron chi connectivity index (χ0n) is 9.74. The molecule has 3 aromatic rings. The van der Waals surface area contributed by atoms with Crippen molar-refractivity contribution in [1.82, 2.24) is 9.55 Å². The van der Waals surface area contributed by atoms with Gasteiger partial charge in [0.05, 0.1) is 21.7 Å². The number of imidazole rings is 1. The van der Waals surface area contributed by atoms with Gasteiger partial charge in [0, 0.05) is 4.88 Å². The Balaban J connectivity index is 2.13. The lowest BCUT2D eigenvalue weighted by atomic mass is 10.3. The van der Waals surface area contributed by atoms with Crippen LogP contribution in [0.2, 0.25) is 0 Å². The SMILES string of the molecule is Fc1cccc2c1nc(CCl)n2Cc1ccc(Br)s1. The number of nitrogens with zero attached hydrogens (tertiary/aromatic N) is 2. The number of thiophene rings is 1. The lowest BCUT2D eigenvalue weighted by molar-refractivity contribution is 0.637. The van der Waals surface area contributed by atoms with Gasteiger partial charge in [0.15, 0.2) is 5.82 Å². The molecular formula is C13H9BrClFN2S. The Morgan fingerprint density at radius 3 is 2.84 bits per heavy atom. The number of hydrogen-bond donors (Lipinski definition) is 0. The highest BCUT2D eigenvalue weighted by atomic mass is 79.9. The number of hydrogen-bond acceptors (Lipinski definition) is 2. The highest BCUT2D eigenvalue weighted by molar-refractivity contribution is 9.11. The molecule has 2 aromatic heterocycles. The third kappa shape index (κ3) is 2.42. The molecular weight excluding hydrogens is 351 g/mol. The van der Waals surface area contributed by atoms with E-state index in [1.807, 2.05) is 22.8 Å². The molecule has 3 rings (SSSR count). The number of halogens is 3. The van der Waals surface area contributed by atoms with Crippen LogP contribution >= 0.6 is 38.9 Å². The number of para-hydroxylation sites is 1. The summed E-state index contributed by atoms with van der Waals surface area (Å²) in [6.07, 6.45) is 0. The summed E-state index contributed by atoms with van der Waals surface area (Å²) in [7, 11) is 0. The molecule has 98 valence electrons. The number of aromatic nitrogens is 2. The Bertz CT molecular complexity index is 737. The van der Waals surface area contributed by atoms with Crippen LogP contribution in [0.3, 0.4) is 0 Å². The highest BCUT2D eigenvalue weighted by Gasteiger charge is 2.13. The molecule has 19 heavy (non-hydrogen) atoms. The van der Waals surface area contributed by atoms with Gasteiger partial charge in [-0.25, -0.2) is 9.37 Å². The minimum atomic E-state index is -0.310. The molecule has 0 saturated carbocycles. The van der Waals surface area contributed by atoms with E-state index >= 15 is 0 Å². The Morgan fingerprint density at radius 2 is 2.16 bits per heavy atom. The van der Waals surface area contributed by atoms with Gasteiger partial charge >= 0.3 is 0 Å². The van der Waals surface area contributed by atoms with Gasteiger partial charge in [0.1, 0.15) is 11.3 Å². The maximum atomic E-state index is 13.7. The zero-order valence-corrected chi connectivity index (χ0v) is 12.9. The molecule has 6 heteroatoms. The Kier molecular flexibility index (Phi) is 3.60. The van der Waals surface area contributed by atoms with E-state index in [4.69, 9.17) is 11.6 Å². The van der Waals surface area contributed by atoms with Crippen molar-refractivity contribution in [2.75, 3.05) is 0 Å². The van der Waals surface area contributed by atoms with Crippen LogP contribution < -0.4 is 0 Å². The van der Waals surface area contributed by atoms with Crippen LogP contribution in [-0.2, 0) is 12.4 Å². The molecule has 0 aliphatic heterocycles. The second-order valence-electron chi connectivity index (χ2n) is 4.06. The van der Waals surface area contributed by atoms with Crippen LogP contribution in [0.25, 0.3) is 11.0 Å². The molecule has 0 N–H and O–H groups in total. The molecule has 1 aromatic carbocycles. The van der Waals surface area contributed by atoms with Crippen LogP contribution in [0.1, 0.15) is 10.7 Å².